The summed E-state index contributed by atoms with van der Waals surface area (Å²) in [7, 11) is 1.80. The van der Waals surface area contributed by atoms with Gasteiger partial charge < -0.3 is 10.6 Å². The number of amides is 2. The van der Waals surface area contributed by atoms with E-state index in [1.807, 2.05) is 12.1 Å². The maximum Gasteiger partial charge on any atom is 0.230 e. The molecule has 2 aromatic heterocycles. The third-order valence-corrected chi connectivity index (χ3v) is 5.23. The second-order valence-electron chi connectivity index (χ2n) is 9.16. The van der Waals surface area contributed by atoms with Gasteiger partial charge in [0.1, 0.15) is 11.6 Å². The molecule has 0 aliphatic carbocycles. The summed E-state index contributed by atoms with van der Waals surface area (Å²) in [5.41, 5.74) is 3.50. The third-order valence-electron chi connectivity index (χ3n) is 5.23. The summed E-state index contributed by atoms with van der Waals surface area (Å²) in [6, 6.07) is 10.4. The molecule has 0 fully saturated rings. The molecule has 0 aliphatic rings. The van der Waals surface area contributed by atoms with Gasteiger partial charge in [0.2, 0.25) is 11.8 Å². The van der Waals surface area contributed by atoms with Gasteiger partial charge in [-0.2, -0.15) is 5.10 Å². The number of benzene rings is 1. The highest BCUT2D eigenvalue weighted by Crippen LogP contribution is 2.22. The maximum atomic E-state index is 14.6. The number of rotatable bonds is 7. The van der Waals surface area contributed by atoms with Crippen LogP contribution < -0.4 is 10.6 Å². The number of anilines is 2. The first-order valence-electron chi connectivity index (χ1n) is 10.9. The number of carbonyl (C=O) groups excluding carboxylic acids is 2. The van der Waals surface area contributed by atoms with Crippen molar-refractivity contribution in [2.45, 2.75) is 52.4 Å². The fraction of sp³-hybridized carbons (Fsp3) is 0.360. The number of nitrogens with one attached hydrogen (secondary N) is 2. The van der Waals surface area contributed by atoms with E-state index in [4.69, 9.17) is 0 Å². The number of pyridine rings is 1. The van der Waals surface area contributed by atoms with Gasteiger partial charge in [0.05, 0.1) is 17.8 Å². The number of nitrogens with zero attached hydrogens (tertiary/aromatic N) is 3. The van der Waals surface area contributed by atoms with Crippen LogP contribution in [-0.2, 0) is 41.3 Å². The summed E-state index contributed by atoms with van der Waals surface area (Å²) in [6.07, 6.45) is 3.02. The molecule has 0 aliphatic heterocycles. The van der Waals surface area contributed by atoms with E-state index in [0.717, 1.165) is 22.5 Å². The van der Waals surface area contributed by atoms with Crippen LogP contribution in [0.25, 0.3) is 0 Å². The van der Waals surface area contributed by atoms with Crippen LogP contribution >= 0.6 is 0 Å². The van der Waals surface area contributed by atoms with Crippen LogP contribution in [0, 0.1) is 5.82 Å². The highest BCUT2D eigenvalue weighted by Gasteiger charge is 2.20. The molecular formula is C25H30FN5O2. The first-order chi connectivity index (χ1) is 15.5. The van der Waals surface area contributed by atoms with Crippen LogP contribution in [0.5, 0.6) is 0 Å². The Morgan fingerprint density at radius 1 is 1.03 bits per heavy atom. The van der Waals surface area contributed by atoms with Gasteiger partial charge in [0, 0.05) is 31.3 Å². The van der Waals surface area contributed by atoms with Crippen molar-refractivity contribution in [3.05, 3.63) is 70.9 Å². The number of hydrogen-bond acceptors (Lipinski definition) is 4. The number of aryl methyl sites for hydroxylation is 3. The van der Waals surface area contributed by atoms with Crippen LogP contribution in [0.2, 0.25) is 0 Å². The van der Waals surface area contributed by atoms with Crippen LogP contribution in [0.15, 0.2) is 42.6 Å². The molecular weight excluding hydrogens is 421 g/mol. The lowest BCUT2D eigenvalue weighted by molar-refractivity contribution is -0.116. The van der Waals surface area contributed by atoms with E-state index in [1.54, 1.807) is 36.1 Å². The Morgan fingerprint density at radius 3 is 2.33 bits per heavy atom. The molecule has 7 nitrogen and oxygen atoms in total. The van der Waals surface area contributed by atoms with Gasteiger partial charge in [0.25, 0.3) is 0 Å². The molecule has 174 valence electrons. The molecule has 8 heteroatoms. The highest BCUT2D eigenvalue weighted by molar-refractivity contribution is 5.92. The minimum Gasteiger partial charge on any atom is -0.323 e. The van der Waals surface area contributed by atoms with Crippen LogP contribution in [-0.4, -0.2) is 26.6 Å². The summed E-state index contributed by atoms with van der Waals surface area (Å²) in [4.78, 5) is 27.8. The van der Waals surface area contributed by atoms with Gasteiger partial charge in [-0.25, -0.2) is 9.37 Å². The zero-order valence-corrected chi connectivity index (χ0v) is 19.7. The topological polar surface area (TPSA) is 88.9 Å². The van der Waals surface area contributed by atoms with Gasteiger partial charge >= 0.3 is 0 Å². The number of hydrogen-bond donors (Lipinski definition) is 2. The van der Waals surface area contributed by atoms with Gasteiger partial charge in [-0.3, -0.25) is 14.3 Å². The predicted molar refractivity (Wildman–Crippen MR) is 127 cm³/mol. The maximum absolute atomic E-state index is 14.6. The Kier molecular flexibility index (Phi) is 7.26. The highest BCUT2D eigenvalue weighted by atomic mass is 19.1. The molecule has 0 bridgehead atoms. The lowest BCUT2D eigenvalue weighted by Gasteiger charge is -2.13. The summed E-state index contributed by atoms with van der Waals surface area (Å²) >= 11 is 0. The van der Waals surface area contributed by atoms with E-state index >= 15 is 0 Å². The fourth-order valence-electron chi connectivity index (χ4n) is 3.38. The largest absolute Gasteiger partial charge is 0.323 e. The fourth-order valence-corrected chi connectivity index (χ4v) is 3.38. The molecule has 33 heavy (non-hydrogen) atoms. The molecule has 1 aromatic carbocycles. The summed E-state index contributed by atoms with van der Waals surface area (Å²) in [5, 5.41) is 9.78. The van der Waals surface area contributed by atoms with Gasteiger partial charge in [0.15, 0.2) is 0 Å². The molecule has 0 radical (unpaired) electrons. The minimum atomic E-state index is -0.477. The lowest BCUT2D eigenvalue weighted by atomic mass is 9.92. The van der Waals surface area contributed by atoms with Crippen molar-refractivity contribution < 1.29 is 14.0 Å². The molecule has 0 atom stereocenters. The Morgan fingerprint density at radius 2 is 1.73 bits per heavy atom. The zero-order valence-electron chi connectivity index (χ0n) is 19.7. The molecule has 2 N–H and O–H groups in total. The smallest absolute Gasteiger partial charge is 0.230 e. The summed E-state index contributed by atoms with van der Waals surface area (Å²) < 4.78 is 16.3. The quantitative estimate of drug-likeness (QED) is 0.564. The first-order valence-corrected chi connectivity index (χ1v) is 10.9. The third kappa shape index (κ3) is 6.71. The number of halogens is 1. The molecule has 3 rings (SSSR count). The normalized spacial score (nSPS) is 11.3. The number of carbonyl (C=O) groups is 2. The van der Waals surface area contributed by atoms with Crippen molar-refractivity contribution in [2.75, 3.05) is 10.6 Å². The van der Waals surface area contributed by atoms with E-state index in [1.165, 1.54) is 13.0 Å². The van der Waals surface area contributed by atoms with E-state index in [0.29, 0.717) is 18.7 Å². The average molecular weight is 452 g/mol. The minimum absolute atomic E-state index is 0.111. The molecule has 2 heterocycles. The zero-order chi connectivity index (χ0) is 24.2. The Balaban J connectivity index is 1.60. The average Bonchev–Trinajstić information content (AvgIpc) is 3.09. The van der Waals surface area contributed by atoms with Crippen molar-refractivity contribution in [3.8, 4) is 0 Å². The summed E-state index contributed by atoms with van der Waals surface area (Å²) in [6.45, 7) is 7.61. The van der Waals surface area contributed by atoms with Gasteiger partial charge in [-0.05, 0) is 54.3 Å². The van der Waals surface area contributed by atoms with E-state index in [9.17, 15) is 14.0 Å². The monoisotopic (exact) mass is 451 g/mol. The van der Waals surface area contributed by atoms with E-state index in [-0.39, 0.29) is 29.3 Å². The van der Waals surface area contributed by atoms with Crippen LogP contribution in [0.4, 0.5) is 15.9 Å². The van der Waals surface area contributed by atoms with Crippen molar-refractivity contribution in [1.29, 1.82) is 0 Å². The Labute approximate surface area is 193 Å². The molecule has 0 unspecified atom stereocenters. The van der Waals surface area contributed by atoms with Crippen molar-refractivity contribution >= 4 is 23.3 Å². The second-order valence-corrected chi connectivity index (χ2v) is 9.16. The first kappa shape index (κ1) is 24.1. The lowest BCUT2D eigenvalue weighted by Crippen LogP contribution is -2.17. The van der Waals surface area contributed by atoms with Crippen molar-refractivity contribution in [1.82, 2.24) is 14.8 Å². The second kappa shape index (κ2) is 9.94. The van der Waals surface area contributed by atoms with Crippen molar-refractivity contribution in [2.24, 2.45) is 7.05 Å². The molecule has 0 saturated heterocycles. The van der Waals surface area contributed by atoms with E-state index < -0.39 is 5.82 Å². The van der Waals surface area contributed by atoms with Crippen molar-refractivity contribution in [3.63, 3.8) is 0 Å². The van der Waals surface area contributed by atoms with Crippen LogP contribution in [0.1, 0.15) is 50.2 Å². The van der Waals surface area contributed by atoms with Gasteiger partial charge in [-0.15, -0.1) is 0 Å². The van der Waals surface area contributed by atoms with E-state index in [2.05, 4.69) is 41.5 Å². The predicted octanol–water partition coefficient (Wildman–Crippen LogP) is 4.18. The molecule has 0 saturated carbocycles. The molecule has 2 amide bonds. The Bertz CT molecular complexity index is 1160. The Hall–Kier alpha value is -3.55. The number of aromatic nitrogens is 3. The SMILES string of the molecule is CC(=O)Nc1cc(CCc2ccc(NC(=O)Cc3cc(C(C)(C)C)nn3C)c(F)c2)ccn1. The molecule has 0 spiro atoms. The van der Waals surface area contributed by atoms with Gasteiger partial charge in [-0.1, -0.05) is 26.8 Å². The standard InChI is InChI=1S/C25H30FN5O2/c1-16(32)28-23-13-18(10-11-27-23)7-6-17-8-9-21(20(26)12-17)29-24(33)15-19-14-22(25(2,3)4)30-31(19)5/h8-14H,6-7,15H2,1-5H3,(H,29,33)(H,27,28,32). The summed E-state index contributed by atoms with van der Waals surface area (Å²) in [5.74, 6) is -0.466. The molecule has 3 aromatic rings. The van der Waals surface area contributed by atoms with Crippen LogP contribution in [0.3, 0.4) is 0 Å².